The number of hydrogen-bond acceptors (Lipinski definition) is 5. The molecule has 0 saturated carbocycles. The van der Waals surface area contributed by atoms with E-state index in [4.69, 9.17) is 10.3 Å². The van der Waals surface area contributed by atoms with Gasteiger partial charge in [-0.2, -0.15) is 4.98 Å². The Morgan fingerprint density at radius 3 is 2.71 bits per heavy atom. The topological polar surface area (TPSA) is 64.9 Å². The van der Waals surface area contributed by atoms with Gasteiger partial charge in [-0.25, -0.2) is 0 Å². The van der Waals surface area contributed by atoms with Crippen molar-refractivity contribution in [3.63, 3.8) is 0 Å². The number of thioether (sulfide) groups is 1. The fourth-order valence-electron chi connectivity index (χ4n) is 1.75. The predicted octanol–water partition coefficient (Wildman–Crippen LogP) is 4.37. The van der Waals surface area contributed by atoms with Gasteiger partial charge in [0.05, 0.1) is 5.75 Å². The van der Waals surface area contributed by atoms with Crippen molar-refractivity contribution in [3.8, 4) is 11.5 Å². The first-order valence-corrected chi connectivity index (χ1v) is 8.06. The van der Waals surface area contributed by atoms with E-state index in [0.29, 0.717) is 23.2 Å². The minimum atomic E-state index is 0.499. The number of anilines is 1. The van der Waals surface area contributed by atoms with Gasteiger partial charge in [-0.1, -0.05) is 23.4 Å². The van der Waals surface area contributed by atoms with Gasteiger partial charge in [0.2, 0.25) is 0 Å². The molecule has 0 bridgehead atoms. The molecule has 1 heterocycles. The van der Waals surface area contributed by atoms with E-state index < -0.39 is 0 Å². The van der Waals surface area contributed by atoms with E-state index in [1.54, 1.807) is 11.8 Å². The van der Waals surface area contributed by atoms with Crippen LogP contribution in [-0.4, -0.2) is 10.1 Å². The summed E-state index contributed by atoms with van der Waals surface area (Å²) in [5.74, 6) is 1.84. The number of rotatable bonds is 4. The maximum atomic E-state index is 5.77. The Hall–Kier alpha value is -1.79. The van der Waals surface area contributed by atoms with Crippen LogP contribution in [-0.2, 0) is 5.75 Å². The molecule has 0 amide bonds. The minimum Gasteiger partial charge on any atom is -0.398 e. The van der Waals surface area contributed by atoms with Crippen LogP contribution in [0.25, 0.3) is 11.5 Å². The van der Waals surface area contributed by atoms with Crippen molar-refractivity contribution in [1.29, 1.82) is 0 Å². The lowest BCUT2D eigenvalue weighted by Crippen LogP contribution is -1.87. The van der Waals surface area contributed by atoms with Gasteiger partial charge in [0.25, 0.3) is 5.89 Å². The van der Waals surface area contributed by atoms with Crippen molar-refractivity contribution >= 4 is 33.4 Å². The van der Waals surface area contributed by atoms with Gasteiger partial charge in [-0.05, 0) is 46.3 Å². The Balaban J connectivity index is 1.72. The van der Waals surface area contributed by atoms with Gasteiger partial charge in [0.1, 0.15) is 0 Å². The lowest BCUT2D eigenvalue weighted by atomic mass is 10.2. The number of hydrogen-bond donors (Lipinski definition) is 1. The molecular weight excluding hydrogens is 350 g/mol. The Labute approximate surface area is 134 Å². The van der Waals surface area contributed by atoms with Crippen LogP contribution in [0.1, 0.15) is 5.82 Å². The van der Waals surface area contributed by atoms with E-state index in [-0.39, 0.29) is 0 Å². The quantitative estimate of drug-likeness (QED) is 0.551. The van der Waals surface area contributed by atoms with E-state index in [2.05, 4.69) is 38.2 Å². The summed E-state index contributed by atoms with van der Waals surface area (Å²) in [4.78, 5) is 5.59. The van der Waals surface area contributed by atoms with Crippen LogP contribution in [0.3, 0.4) is 0 Å². The fraction of sp³-hybridized carbons (Fsp3) is 0.0667. The van der Waals surface area contributed by atoms with Crippen LogP contribution in [0.4, 0.5) is 5.69 Å². The molecular formula is C15H12BrN3OS. The molecule has 106 valence electrons. The Morgan fingerprint density at radius 2 is 1.95 bits per heavy atom. The van der Waals surface area contributed by atoms with Gasteiger partial charge in [0.15, 0.2) is 5.82 Å². The molecule has 21 heavy (non-hydrogen) atoms. The van der Waals surface area contributed by atoms with E-state index in [9.17, 15) is 0 Å². The highest BCUT2D eigenvalue weighted by molar-refractivity contribution is 9.10. The van der Waals surface area contributed by atoms with Gasteiger partial charge >= 0.3 is 0 Å². The van der Waals surface area contributed by atoms with Gasteiger partial charge in [-0.15, -0.1) is 11.8 Å². The molecule has 0 atom stereocenters. The second-order valence-corrected chi connectivity index (χ2v) is 6.26. The maximum Gasteiger partial charge on any atom is 0.257 e. The van der Waals surface area contributed by atoms with Crippen molar-refractivity contribution in [2.45, 2.75) is 10.6 Å². The zero-order valence-electron chi connectivity index (χ0n) is 11.0. The van der Waals surface area contributed by atoms with Gasteiger partial charge in [0, 0.05) is 20.6 Å². The number of nitrogen functional groups attached to an aromatic ring is 1. The van der Waals surface area contributed by atoms with E-state index in [1.807, 2.05) is 36.4 Å². The number of nitrogens with two attached hydrogens (primary N) is 1. The molecule has 0 fully saturated rings. The highest BCUT2D eigenvalue weighted by Gasteiger charge is 2.10. The second kappa shape index (κ2) is 6.32. The summed E-state index contributed by atoms with van der Waals surface area (Å²) in [6.07, 6.45) is 0. The number of benzene rings is 2. The highest BCUT2D eigenvalue weighted by atomic mass is 79.9. The summed E-state index contributed by atoms with van der Waals surface area (Å²) >= 11 is 5.07. The molecule has 3 rings (SSSR count). The van der Waals surface area contributed by atoms with Crippen LogP contribution in [0, 0.1) is 0 Å². The molecule has 0 aliphatic rings. The van der Waals surface area contributed by atoms with Gasteiger partial charge in [-0.3, -0.25) is 0 Å². The van der Waals surface area contributed by atoms with E-state index in [1.165, 1.54) is 4.90 Å². The van der Waals surface area contributed by atoms with Crippen LogP contribution >= 0.6 is 27.7 Å². The second-order valence-electron chi connectivity index (χ2n) is 4.35. The summed E-state index contributed by atoms with van der Waals surface area (Å²) in [5.41, 5.74) is 7.29. The average molecular weight is 362 g/mol. The molecule has 2 N–H and O–H groups in total. The third-order valence-corrected chi connectivity index (χ3v) is 4.52. The molecule has 2 aromatic carbocycles. The lowest BCUT2D eigenvalue weighted by molar-refractivity contribution is 0.425. The third-order valence-electron chi connectivity index (χ3n) is 2.83. The summed E-state index contributed by atoms with van der Waals surface area (Å²) in [5, 5.41) is 4.01. The lowest BCUT2D eigenvalue weighted by Gasteiger charge is -1.99. The molecule has 0 aliphatic carbocycles. The summed E-state index contributed by atoms with van der Waals surface area (Å²) < 4.78 is 6.12. The molecule has 4 nitrogen and oxygen atoms in total. The Morgan fingerprint density at radius 1 is 1.14 bits per heavy atom. The third kappa shape index (κ3) is 3.46. The van der Waals surface area contributed by atoms with Gasteiger partial charge < -0.3 is 10.3 Å². The molecule has 0 unspecified atom stereocenters. The fourth-order valence-corrected chi connectivity index (χ4v) is 2.90. The van der Waals surface area contributed by atoms with Crippen LogP contribution < -0.4 is 5.73 Å². The Kier molecular flexibility index (Phi) is 4.26. The summed E-state index contributed by atoms with van der Waals surface area (Å²) in [7, 11) is 0. The first-order chi connectivity index (χ1) is 10.2. The van der Waals surface area contributed by atoms with Crippen LogP contribution in [0.2, 0.25) is 0 Å². The van der Waals surface area contributed by atoms with Crippen LogP contribution in [0.15, 0.2) is 62.4 Å². The normalized spacial score (nSPS) is 10.7. The number of halogens is 1. The van der Waals surface area contributed by atoms with Crippen LogP contribution in [0.5, 0.6) is 0 Å². The molecule has 0 saturated heterocycles. The van der Waals surface area contributed by atoms with Crippen molar-refractivity contribution in [2.75, 3.05) is 5.73 Å². The molecule has 3 aromatic rings. The zero-order valence-corrected chi connectivity index (χ0v) is 13.4. The SMILES string of the molecule is Nc1ccc(-c2nc(CSc3ccccc3)no2)cc1Br. The molecule has 0 spiro atoms. The smallest absolute Gasteiger partial charge is 0.257 e. The maximum absolute atomic E-state index is 5.77. The highest BCUT2D eigenvalue weighted by Crippen LogP contribution is 2.27. The van der Waals surface area contributed by atoms with Crippen molar-refractivity contribution in [1.82, 2.24) is 10.1 Å². The molecule has 0 aliphatic heterocycles. The Bertz CT molecular complexity index is 746. The molecule has 0 radical (unpaired) electrons. The monoisotopic (exact) mass is 361 g/mol. The number of aromatic nitrogens is 2. The predicted molar refractivity (Wildman–Crippen MR) is 87.8 cm³/mol. The average Bonchev–Trinajstić information content (AvgIpc) is 2.98. The zero-order chi connectivity index (χ0) is 14.7. The van der Waals surface area contributed by atoms with E-state index >= 15 is 0 Å². The van der Waals surface area contributed by atoms with Crippen molar-refractivity contribution in [2.24, 2.45) is 0 Å². The van der Waals surface area contributed by atoms with Crippen molar-refractivity contribution in [3.05, 3.63) is 58.8 Å². The standard InChI is InChI=1S/C15H12BrN3OS/c16-12-8-10(6-7-13(12)17)15-18-14(19-20-15)9-21-11-4-2-1-3-5-11/h1-8H,9,17H2. The van der Waals surface area contributed by atoms with Crippen molar-refractivity contribution < 1.29 is 4.52 Å². The summed E-state index contributed by atoms with van der Waals surface area (Å²) in [6.45, 7) is 0. The first kappa shape index (κ1) is 14.2. The number of nitrogens with zero attached hydrogens (tertiary/aromatic N) is 2. The molecule has 6 heteroatoms. The van der Waals surface area contributed by atoms with E-state index in [0.717, 1.165) is 10.0 Å². The first-order valence-electron chi connectivity index (χ1n) is 6.28. The summed E-state index contributed by atoms with van der Waals surface area (Å²) in [6, 6.07) is 15.7. The minimum absolute atomic E-state index is 0.499. The largest absolute Gasteiger partial charge is 0.398 e. The molecule has 1 aromatic heterocycles.